The van der Waals surface area contributed by atoms with E-state index in [1.165, 1.54) is 24.8 Å². The molecule has 1 heterocycles. The van der Waals surface area contributed by atoms with E-state index in [2.05, 4.69) is 41.4 Å². The Balaban J connectivity index is 2.08. The van der Waals surface area contributed by atoms with Crippen LogP contribution >= 0.6 is 0 Å². The average molecular weight is 248 g/mol. The predicted molar refractivity (Wildman–Crippen MR) is 76.0 cm³/mol. The van der Waals surface area contributed by atoms with Crippen molar-refractivity contribution in [3.8, 4) is 0 Å². The molecule has 1 aliphatic carbocycles. The van der Waals surface area contributed by atoms with Gasteiger partial charge in [0.2, 0.25) is 0 Å². The van der Waals surface area contributed by atoms with E-state index in [4.69, 9.17) is 0 Å². The third-order valence-electron chi connectivity index (χ3n) is 3.89. The molecule has 1 fully saturated rings. The monoisotopic (exact) mass is 248 g/mol. The lowest BCUT2D eigenvalue weighted by Gasteiger charge is -2.38. The Kier molecular flexibility index (Phi) is 4.04. The molecule has 1 aliphatic rings. The normalized spacial score (nSPS) is 17.1. The Hall–Kier alpha value is -1.32. The van der Waals surface area contributed by atoms with Crippen LogP contribution in [0.4, 0.5) is 11.6 Å². The SMILES string of the molecule is CCNc1ncnc(NCC2(C)CCC2)c1CC. The molecule has 0 bridgehead atoms. The van der Waals surface area contributed by atoms with Crippen LogP contribution in [0, 0.1) is 5.41 Å². The van der Waals surface area contributed by atoms with Gasteiger partial charge in [-0.3, -0.25) is 0 Å². The molecule has 4 nitrogen and oxygen atoms in total. The summed E-state index contributed by atoms with van der Waals surface area (Å²) in [5, 5.41) is 6.82. The number of aromatic nitrogens is 2. The summed E-state index contributed by atoms with van der Waals surface area (Å²) in [4.78, 5) is 8.71. The van der Waals surface area contributed by atoms with Crippen molar-refractivity contribution >= 4 is 11.6 Å². The zero-order valence-corrected chi connectivity index (χ0v) is 11.7. The molecule has 0 atom stereocenters. The highest BCUT2D eigenvalue weighted by atomic mass is 15.1. The van der Waals surface area contributed by atoms with Gasteiger partial charge in [0, 0.05) is 18.7 Å². The van der Waals surface area contributed by atoms with Gasteiger partial charge in [0.05, 0.1) is 0 Å². The topological polar surface area (TPSA) is 49.8 Å². The van der Waals surface area contributed by atoms with Crippen LogP contribution in [0.15, 0.2) is 6.33 Å². The Morgan fingerprint density at radius 1 is 1.17 bits per heavy atom. The summed E-state index contributed by atoms with van der Waals surface area (Å²) in [6.07, 6.45) is 6.61. The maximum Gasteiger partial charge on any atom is 0.134 e. The van der Waals surface area contributed by atoms with Crippen LogP contribution in [0.25, 0.3) is 0 Å². The van der Waals surface area contributed by atoms with Crippen molar-refractivity contribution in [2.75, 3.05) is 23.7 Å². The molecule has 100 valence electrons. The third-order valence-corrected chi connectivity index (χ3v) is 3.89. The fourth-order valence-corrected chi connectivity index (χ4v) is 2.47. The van der Waals surface area contributed by atoms with Crippen molar-refractivity contribution in [1.29, 1.82) is 0 Å². The van der Waals surface area contributed by atoms with E-state index in [-0.39, 0.29) is 0 Å². The summed E-state index contributed by atoms with van der Waals surface area (Å²) < 4.78 is 0. The van der Waals surface area contributed by atoms with E-state index in [0.717, 1.165) is 31.1 Å². The standard InChI is InChI=1S/C14H24N4/c1-4-11-12(15-5-2)17-10-18-13(11)16-9-14(3)7-6-8-14/h10H,4-9H2,1-3H3,(H2,15,16,17,18). The van der Waals surface area contributed by atoms with Gasteiger partial charge < -0.3 is 10.6 Å². The van der Waals surface area contributed by atoms with Gasteiger partial charge >= 0.3 is 0 Å². The average Bonchev–Trinajstić information content (AvgIpc) is 2.34. The summed E-state index contributed by atoms with van der Waals surface area (Å²) >= 11 is 0. The Bertz CT molecular complexity index is 399. The van der Waals surface area contributed by atoms with Crippen molar-refractivity contribution in [1.82, 2.24) is 9.97 Å². The van der Waals surface area contributed by atoms with Crippen molar-refractivity contribution in [2.24, 2.45) is 5.41 Å². The zero-order chi connectivity index (χ0) is 13.0. The molecular weight excluding hydrogens is 224 g/mol. The van der Waals surface area contributed by atoms with Crippen LogP contribution in [0.1, 0.15) is 45.6 Å². The highest BCUT2D eigenvalue weighted by Gasteiger charge is 2.31. The summed E-state index contributed by atoms with van der Waals surface area (Å²) in [7, 11) is 0. The lowest BCUT2D eigenvalue weighted by molar-refractivity contribution is 0.180. The first-order valence-corrected chi connectivity index (χ1v) is 7.00. The second-order valence-corrected chi connectivity index (χ2v) is 5.45. The molecule has 1 aromatic heterocycles. The number of anilines is 2. The second kappa shape index (κ2) is 5.55. The molecular formula is C14H24N4. The molecule has 0 spiro atoms. The van der Waals surface area contributed by atoms with Crippen LogP contribution in [-0.4, -0.2) is 23.1 Å². The molecule has 1 saturated carbocycles. The van der Waals surface area contributed by atoms with E-state index >= 15 is 0 Å². The molecule has 1 aromatic rings. The predicted octanol–water partition coefficient (Wildman–Crippen LogP) is 3.07. The Morgan fingerprint density at radius 3 is 2.33 bits per heavy atom. The summed E-state index contributed by atoms with van der Waals surface area (Å²) in [6, 6.07) is 0. The highest BCUT2D eigenvalue weighted by Crippen LogP contribution is 2.40. The Morgan fingerprint density at radius 2 is 1.83 bits per heavy atom. The number of hydrogen-bond donors (Lipinski definition) is 2. The number of nitrogens with zero attached hydrogens (tertiary/aromatic N) is 2. The second-order valence-electron chi connectivity index (χ2n) is 5.45. The first-order valence-electron chi connectivity index (χ1n) is 7.00. The van der Waals surface area contributed by atoms with Crippen LogP contribution in [0.3, 0.4) is 0 Å². The van der Waals surface area contributed by atoms with Gasteiger partial charge in [-0.1, -0.05) is 20.3 Å². The smallest absolute Gasteiger partial charge is 0.134 e. The summed E-state index contributed by atoms with van der Waals surface area (Å²) in [5.74, 6) is 1.97. The van der Waals surface area contributed by atoms with Crippen LogP contribution in [-0.2, 0) is 6.42 Å². The zero-order valence-electron chi connectivity index (χ0n) is 11.7. The van der Waals surface area contributed by atoms with Crippen LogP contribution < -0.4 is 10.6 Å². The van der Waals surface area contributed by atoms with Gasteiger partial charge in [0.1, 0.15) is 18.0 Å². The van der Waals surface area contributed by atoms with Crippen molar-refractivity contribution in [2.45, 2.75) is 46.5 Å². The molecule has 0 radical (unpaired) electrons. The van der Waals surface area contributed by atoms with Gasteiger partial charge in [-0.25, -0.2) is 9.97 Å². The Labute approximate surface area is 110 Å². The summed E-state index contributed by atoms with van der Waals surface area (Å²) in [6.45, 7) is 8.49. The van der Waals surface area contributed by atoms with E-state index in [9.17, 15) is 0 Å². The highest BCUT2D eigenvalue weighted by molar-refractivity contribution is 5.57. The minimum Gasteiger partial charge on any atom is -0.370 e. The minimum atomic E-state index is 0.467. The largest absolute Gasteiger partial charge is 0.370 e. The first-order chi connectivity index (χ1) is 8.68. The minimum absolute atomic E-state index is 0.467. The van der Waals surface area contributed by atoms with E-state index in [0.29, 0.717) is 5.41 Å². The van der Waals surface area contributed by atoms with Crippen LogP contribution in [0.5, 0.6) is 0 Å². The molecule has 18 heavy (non-hydrogen) atoms. The molecule has 2 rings (SSSR count). The molecule has 0 saturated heterocycles. The van der Waals surface area contributed by atoms with Gasteiger partial charge in [0.15, 0.2) is 0 Å². The van der Waals surface area contributed by atoms with Crippen molar-refractivity contribution in [3.05, 3.63) is 11.9 Å². The molecule has 0 aliphatic heterocycles. The van der Waals surface area contributed by atoms with E-state index in [1.807, 2.05) is 0 Å². The van der Waals surface area contributed by atoms with Crippen LogP contribution in [0.2, 0.25) is 0 Å². The quantitative estimate of drug-likeness (QED) is 0.812. The van der Waals surface area contributed by atoms with Gasteiger partial charge in [-0.2, -0.15) is 0 Å². The van der Waals surface area contributed by atoms with Gasteiger partial charge in [0.25, 0.3) is 0 Å². The molecule has 0 amide bonds. The molecule has 0 aromatic carbocycles. The van der Waals surface area contributed by atoms with E-state index in [1.54, 1.807) is 6.33 Å². The number of nitrogens with one attached hydrogen (secondary N) is 2. The third kappa shape index (κ3) is 2.74. The first kappa shape index (κ1) is 13.1. The molecule has 2 N–H and O–H groups in total. The van der Waals surface area contributed by atoms with Crippen molar-refractivity contribution < 1.29 is 0 Å². The maximum absolute atomic E-state index is 4.39. The fourth-order valence-electron chi connectivity index (χ4n) is 2.47. The summed E-state index contributed by atoms with van der Waals surface area (Å²) in [5.41, 5.74) is 1.66. The van der Waals surface area contributed by atoms with E-state index < -0.39 is 0 Å². The molecule has 4 heteroatoms. The fraction of sp³-hybridized carbons (Fsp3) is 0.714. The van der Waals surface area contributed by atoms with Gasteiger partial charge in [-0.15, -0.1) is 0 Å². The molecule has 0 unspecified atom stereocenters. The van der Waals surface area contributed by atoms with Gasteiger partial charge in [-0.05, 0) is 31.6 Å². The lowest BCUT2D eigenvalue weighted by Crippen LogP contribution is -2.33. The number of hydrogen-bond acceptors (Lipinski definition) is 4. The maximum atomic E-state index is 4.39. The van der Waals surface area contributed by atoms with Crippen molar-refractivity contribution in [3.63, 3.8) is 0 Å². The number of rotatable bonds is 6. The lowest BCUT2D eigenvalue weighted by atomic mass is 9.70.